The van der Waals surface area contributed by atoms with E-state index in [4.69, 9.17) is 0 Å². The Morgan fingerprint density at radius 1 is 1.20 bits per heavy atom. The van der Waals surface area contributed by atoms with Crippen molar-refractivity contribution < 1.29 is 9.18 Å². The maximum absolute atomic E-state index is 13.6. The second-order valence-electron chi connectivity index (χ2n) is 6.62. The van der Waals surface area contributed by atoms with Gasteiger partial charge in [-0.15, -0.1) is 0 Å². The van der Waals surface area contributed by atoms with Crippen molar-refractivity contribution >= 4 is 11.6 Å². The lowest BCUT2D eigenvalue weighted by Gasteiger charge is -2.26. The number of halogens is 1. The van der Waals surface area contributed by atoms with Gasteiger partial charge in [0, 0.05) is 30.9 Å². The van der Waals surface area contributed by atoms with E-state index in [9.17, 15) is 9.18 Å². The maximum atomic E-state index is 13.6. The molecule has 1 amide bonds. The zero-order valence-corrected chi connectivity index (χ0v) is 14.7. The number of carbonyl (C=O) groups excluding carboxylic acids is 1. The molecule has 0 aliphatic carbocycles. The van der Waals surface area contributed by atoms with Gasteiger partial charge < -0.3 is 5.32 Å². The monoisotopic (exact) mass is 338 g/mol. The fourth-order valence-corrected chi connectivity index (χ4v) is 3.01. The van der Waals surface area contributed by atoms with Gasteiger partial charge in [0.15, 0.2) is 0 Å². The van der Waals surface area contributed by atoms with Gasteiger partial charge in [0.05, 0.1) is 0 Å². The zero-order valence-electron chi connectivity index (χ0n) is 14.7. The predicted octanol–water partition coefficient (Wildman–Crippen LogP) is 4.21. The Bertz CT molecular complexity index is 813. The standard InChI is InChI=1S/C21H23FN2O/c1-15-4-3-5-17(12-15)14-24-10-8-18(9-11-24)21(25)23-19-7-6-16(2)20(22)13-19/h3-8,12-13H,9-11,14H2,1-2H3,(H,23,25). The van der Waals surface area contributed by atoms with Gasteiger partial charge >= 0.3 is 0 Å². The van der Waals surface area contributed by atoms with Crippen LogP contribution in [-0.4, -0.2) is 23.9 Å². The van der Waals surface area contributed by atoms with E-state index < -0.39 is 0 Å². The molecule has 1 N–H and O–H groups in total. The summed E-state index contributed by atoms with van der Waals surface area (Å²) in [6.07, 6.45) is 2.67. The van der Waals surface area contributed by atoms with Crippen LogP contribution in [0.2, 0.25) is 0 Å². The van der Waals surface area contributed by atoms with Crippen LogP contribution >= 0.6 is 0 Å². The summed E-state index contributed by atoms with van der Waals surface area (Å²) in [7, 11) is 0. The number of amides is 1. The van der Waals surface area contributed by atoms with E-state index in [1.165, 1.54) is 17.2 Å². The van der Waals surface area contributed by atoms with Crippen LogP contribution in [0.15, 0.2) is 54.1 Å². The lowest BCUT2D eigenvalue weighted by atomic mass is 10.1. The molecule has 0 unspecified atom stereocenters. The van der Waals surface area contributed by atoms with Crippen LogP contribution in [0.25, 0.3) is 0 Å². The fraction of sp³-hybridized carbons (Fsp3) is 0.286. The molecule has 0 atom stereocenters. The number of nitrogens with zero attached hydrogens (tertiary/aromatic N) is 1. The third-order valence-corrected chi connectivity index (χ3v) is 4.50. The average molecular weight is 338 g/mol. The van der Waals surface area contributed by atoms with Crippen molar-refractivity contribution in [1.82, 2.24) is 4.90 Å². The number of anilines is 1. The van der Waals surface area contributed by atoms with E-state index in [0.717, 1.165) is 25.2 Å². The molecule has 0 aromatic heterocycles. The summed E-state index contributed by atoms with van der Waals surface area (Å²) < 4.78 is 13.6. The van der Waals surface area contributed by atoms with Crippen molar-refractivity contribution in [1.29, 1.82) is 0 Å². The Hall–Kier alpha value is -2.46. The van der Waals surface area contributed by atoms with E-state index in [2.05, 4.69) is 41.4 Å². The smallest absolute Gasteiger partial charge is 0.251 e. The Morgan fingerprint density at radius 2 is 2.04 bits per heavy atom. The van der Waals surface area contributed by atoms with Crippen LogP contribution in [0.1, 0.15) is 23.1 Å². The molecule has 2 aromatic rings. The molecule has 3 nitrogen and oxygen atoms in total. The van der Waals surface area contributed by atoms with Crippen molar-refractivity contribution in [2.45, 2.75) is 26.8 Å². The van der Waals surface area contributed by atoms with Crippen molar-refractivity contribution in [3.05, 3.63) is 76.6 Å². The second-order valence-corrected chi connectivity index (χ2v) is 6.62. The fourth-order valence-electron chi connectivity index (χ4n) is 3.01. The topological polar surface area (TPSA) is 32.3 Å². The van der Waals surface area contributed by atoms with E-state index >= 15 is 0 Å². The molecule has 0 saturated heterocycles. The Labute approximate surface area is 148 Å². The Balaban J connectivity index is 1.58. The molecule has 0 saturated carbocycles. The quantitative estimate of drug-likeness (QED) is 0.905. The summed E-state index contributed by atoms with van der Waals surface area (Å²) in [5.74, 6) is -0.446. The molecule has 4 heteroatoms. The van der Waals surface area contributed by atoms with Crippen LogP contribution < -0.4 is 5.32 Å². The number of hydrogen-bond acceptors (Lipinski definition) is 2. The third kappa shape index (κ3) is 4.54. The summed E-state index contributed by atoms with van der Waals surface area (Å²) in [5, 5.41) is 2.79. The van der Waals surface area contributed by atoms with Crippen LogP contribution in [0.3, 0.4) is 0 Å². The zero-order chi connectivity index (χ0) is 17.8. The highest BCUT2D eigenvalue weighted by atomic mass is 19.1. The first kappa shape index (κ1) is 17.4. The van der Waals surface area contributed by atoms with Crippen LogP contribution in [-0.2, 0) is 11.3 Å². The Kier molecular flexibility index (Phi) is 5.29. The SMILES string of the molecule is Cc1cccc(CN2CC=C(C(=O)Nc3ccc(C)c(F)c3)CC2)c1. The first-order valence-corrected chi connectivity index (χ1v) is 8.56. The van der Waals surface area contributed by atoms with Gasteiger partial charge in [-0.3, -0.25) is 9.69 Å². The van der Waals surface area contributed by atoms with E-state index in [-0.39, 0.29) is 11.7 Å². The summed E-state index contributed by atoms with van der Waals surface area (Å²) in [4.78, 5) is 14.7. The molecule has 0 bridgehead atoms. The van der Waals surface area contributed by atoms with Gasteiger partial charge in [-0.1, -0.05) is 42.0 Å². The molecule has 1 aliphatic rings. The second kappa shape index (κ2) is 7.62. The molecular formula is C21H23FN2O. The molecule has 0 spiro atoms. The maximum Gasteiger partial charge on any atom is 0.251 e. The van der Waals surface area contributed by atoms with Crippen molar-refractivity contribution in [2.24, 2.45) is 0 Å². The lowest BCUT2D eigenvalue weighted by molar-refractivity contribution is -0.113. The summed E-state index contributed by atoms with van der Waals surface area (Å²) >= 11 is 0. The van der Waals surface area contributed by atoms with E-state index in [0.29, 0.717) is 17.7 Å². The van der Waals surface area contributed by atoms with Gasteiger partial charge in [0.25, 0.3) is 5.91 Å². The van der Waals surface area contributed by atoms with Crippen molar-refractivity contribution in [3.8, 4) is 0 Å². The first-order valence-electron chi connectivity index (χ1n) is 8.56. The minimum atomic E-state index is -0.306. The highest BCUT2D eigenvalue weighted by Gasteiger charge is 2.17. The minimum absolute atomic E-state index is 0.140. The molecule has 1 heterocycles. The normalized spacial score (nSPS) is 14.9. The van der Waals surface area contributed by atoms with Crippen LogP contribution in [0, 0.1) is 19.7 Å². The van der Waals surface area contributed by atoms with Crippen LogP contribution in [0.5, 0.6) is 0 Å². The van der Waals surface area contributed by atoms with Crippen molar-refractivity contribution in [2.75, 3.05) is 18.4 Å². The number of rotatable bonds is 4. The van der Waals surface area contributed by atoms with Gasteiger partial charge in [0.2, 0.25) is 0 Å². The van der Waals surface area contributed by atoms with Gasteiger partial charge in [-0.2, -0.15) is 0 Å². The molecule has 2 aromatic carbocycles. The van der Waals surface area contributed by atoms with E-state index in [1.54, 1.807) is 19.1 Å². The summed E-state index contributed by atoms with van der Waals surface area (Å²) in [5.41, 5.74) is 4.38. The van der Waals surface area contributed by atoms with E-state index in [1.807, 2.05) is 6.08 Å². The molecule has 0 fully saturated rings. The summed E-state index contributed by atoms with van der Waals surface area (Å²) in [6, 6.07) is 13.2. The van der Waals surface area contributed by atoms with Gasteiger partial charge in [-0.05, 0) is 43.5 Å². The number of carbonyl (C=O) groups is 1. The lowest BCUT2D eigenvalue weighted by Crippen LogP contribution is -2.31. The average Bonchev–Trinajstić information content (AvgIpc) is 2.59. The molecular weight excluding hydrogens is 315 g/mol. The van der Waals surface area contributed by atoms with Gasteiger partial charge in [-0.25, -0.2) is 4.39 Å². The minimum Gasteiger partial charge on any atom is -0.322 e. The largest absolute Gasteiger partial charge is 0.322 e. The first-order chi connectivity index (χ1) is 12.0. The number of nitrogens with one attached hydrogen (secondary N) is 1. The summed E-state index contributed by atoms with van der Waals surface area (Å²) in [6.45, 7) is 6.27. The molecule has 0 radical (unpaired) electrons. The number of benzene rings is 2. The van der Waals surface area contributed by atoms with Crippen molar-refractivity contribution in [3.63, 3.8) is 0 Å². The Morgan fingerprint density at radius 3 is 2.72 bits per heavy atom. The molecule has 130 valence electrons. The number of aryl methyl sites for hydroxylation is 2. The number of hydrogen-bond donors (Lipinski definition) is 1. The predicted molar refractivity (Wildman–Crippen MR) is 98.9 cm³/mol. The third-order valence-electron chi connectivity index (χ3n) is 4.50. The molecule has 3 rings (SSSR count). The van der Waals surface area contributed by atoms with Gasteiger partial charge in [0.1, 0.15) is 5.82 Å². The van der Waals surface area contributed by atoms with Crippen LogP contribution in [0.4, 0.5) is 10.1 Å². The highest BCUT2D eigenvalue weighted by molar-refractivity contribution is 6.03. The molecule has 25 heavy (non-hydrogen) atoms. The highest BCUT2D eigenvalue weighted by Crippen LogP contribution is 2.18. The molecule has 1 aliphatic heterocycles.